The molecule has 0 fully saturated rings. The van der Waals surface area contributed by atoms with Gasteiger partial charge in [0, 0.05) is 19.3 Å². The smallest absolute Gasteiger partial charge is 0.362 e. The molecule has 2 unspecified atom stereocenters. The fourth-order valence-electron chi connectivity index (χ4n) is 6.83. The predicted octanol–water partition coefficient (Wildman–Crippen LogP) is 13.2. The van der Waals surface area contributed by atoms with Gasteiger partial charge in [-0.1, -0.05) is 172 Å². The molecule has 0 aliphatic rings. The van der Waals surface area contributed by atoms with E-state index >= 15 is 0 Å². The van der Waals surface area contributed by atoms with Gasteiger partial charge < -0.3 is 23.8 Å². The van der Waals surface area contributed by atoms with Crippen LogP contribution in [-0.2, 0) is 28.6 Å². The van der Waals surface area contributed by atoms with Crippen molar-refractivity contribution in [2.75, 3.05) is 41.0 Å². The van der Waals surface area contributed by atoms with Gasteiger partial charge in [0.15, 0.2) is 12.1 Å². The quantitative estimate of drug-likeness (QED) is 0.0283. The Morgan fingerprint density at radius 1 is 0.534 bits per heavy atom. The number of allylic oxidation sites excluding steroid dienone is 8. The average molecular weight is 817 g/mol. The number of carboxylic acids is 1. The maximum Gasteiger partial charge on any atom is 0.362 e. The largest absolute Gasteiger partial charge is 0.477 e. The fraction of sp³-hybridized carbons (Fsp3) is 0.780. The number of nitrogens with zero attached hydrogens (tertiary/aromatic N) is 1. The lowest BCUT2D eigenvalue weighted by molar-refractivity contribution is -0.887. The van der Waals surface area contributed by atoms with E-state index in [2.05, 4.69) is 56.4 Å². The van der Waals surface area contributed by atoms with Crippen LogP contribution >= 0.6 is 0 Å². The molecule has 0 aromatic carbocycles. The summed E-state index contributed by atoms with van der Waals surface area (Å²) in [5.41, 5.74) is 0. The Kier molecular flexibility index (Phi) is 39.1. The van der Waals surface area contributed by atoms with E-state index in [1.54, 1.807) is 0 Å². The molecule has 0 heterocycles. The Morgan fingerprint density at radius 3 is 1.48 bits per heavy atom. The monoisotopic (exact) mass is 817 g/mol. The maximum atomic E-state index is 12.8. The van der Waals surface area contributed by atoms with Gasteiger partial charge in [-0.2, -0.15) is 0 Å². The number of ether oxygens (including phenoxy) is 3. The molecule has 1 N–H and O–H groups in total. The minimum Gasteiger partial charge on any atom is -0.477 e. The first kappa shape index (κ1) is 55.3. The second-order valence-corrected chi connectivity index (χ2v) is 17.0. The second-order valence-electron chi connectivity index (χ2n) is 17.0. The first-order chi connectivity index (χ1) is 28.1. The zero-order chi connectivity index (χ0) is 42.8. The third kappa shape index (κ3) is 38.8. The summed E-state index contributed by atoms with van der Waals surface area (Å²) in [4.78, 5) is 37.0. The minimum atomic E-state index is -0.881. The van der Waals surface area contributed by atoms with Gasteiger partial charge in [-0.05, 0) is 57.8 Å². The number of esters is 2. The molecule has 0 aromatic heterocycles. The summed E-state index contributed by atoms with van der Waals surface area (Å²) in [6.45, 7) is 4.57. The van der Waals surface area contributed by atoms with E-state index in [4.69, 9.17) is 14.2 Å². The van der Waals surface area contributed by atoms with Crippen LogP contribution in [0.3, 0.4) is 0 Å². The van der Waals surface area contributed by atoms with E-state index in [0.29, 0.717) is 19.3 Å². The number of hydrogen-bond acceptors (Lipinski definition) is 6. The molecule has 2 atom stereocenters. The number of carbonyl (C=O) groups excluding carboxylic acids is 2. The standard InChI is InChI=1S/C50H89NO7/c1-6-8-10-12-14-16-18-20-21-22-23-24-25-26-27-29-31-33-35-37-39-41-49(53)58-46(44-56-43-42-47(50(54)55)51(3,4)5)45-57-48(52)40-38-36-34-32-30-28-19-17-15-13-11-9-7-2/h8,10,14,16,28,30,34,36,46-47H,6-7,9,11-13,15,17-27,29,31-33,35,37-45H2,1-5H3/p+1/b10-8+,16-14+,30-28+,36-34+. The summed E-state index contributed by atoms with van der Waals surface area (Å²) in [5, 5.41) is 9.63. The van der Waals surface area contributed by atoms with Crippen LogP contribution < -0.4 is 0 Å². The molecule has 0 radical (unpaired) electrons. The zero-order valence-corrected chi connectivity index (χ0v) is 38.2. The van der Waals surface area contributed by atoms with Gasteiger partial charge >= 0.3 is 17.9 Å². The molecule has 8 nitrogen and oxygen atoms in total. The van der Waals surface area contributed by atoms with Crippen LogP contribution in [-0.4, -0.2) is 80.6 Å². The molecule has 0 bridgehead atoms. The molecular weight excluding hydrogens is 727 g/mol. The second kappa shape index (κ2) is 41.0. The van der Waals surface area contributed by atoms with Crippen molar-refractivity contribution in [3.8, 4) is 0 Å². The number of quaternary nitrogens is 1. The summed E-state index contributed by atoms with van der Waals surface area (Å²) in [5.74, 6) is -1.55. The van der Waals surface area contributed by atoms with E-state index in [0.717, 1.165) is 44.9 Å². The lowest BCUT2D eigenvalue weighted by atomic mass is 10.0. The molecule has 0 saturated heterocycles. The van der Waals surface area contributed by atoms with Crippen molar-refractivity contribution in [3.05, 3.63) is 48.6 Å². The van der Waals surface area contributed by atoms with Gasteiger partial charge in [0.05, 0.1) is 34.4 Å². The first-order valence-corrected chi connectivity index (χ1v) is 23.7. The number of carboxylic acid groups (broad SMARTS) is 1. The molecular formula is C50H90NO7+. The van der Waals surface area contributed by atoms with Gasteiger partial charge in [0.1, 0.15) is 6.61 Å². The van der Waals surface area contributed by atoms with E-state index in [-0.39, 0.29) is 42.7 Å². The summed E-state index contributed by atoms with van der Waals surface area (Å²) >= 11 is 0. The third-order valence-corrected chi connectivity index (χ3v) is 10.5. The van der Waals surface area contributed by atoms with Crippen LogP contribution in [0.4, 0.5) is 0 Å². The highest BCUT2D eigenvalue weighted by molar-refractivity contribution is 5.72. The van der Waals surface area contributed by atoms with E-state index < -0.39 is 18.1 Å². The summed E-state index contributed by atoms with van der Waals surface area (Å²) in [6.07, 6.45) is 48.9. The summed E-state index contributed by atoms with van der Waals surface area (Å²) in [7, 11) is 5.52. The fourth-order valence-corrected chi connectivity index (χ4v) is 6.83. The van der Waals surface area contributed by atoms with Crippen LogP contribution in [0.15, 0.2) is 48.6 Å². The Balaban J connectivity index is 4.29. The average Bonchev–Trinajstić information content (AvgIpc) is 3.18. The topological polar surface area (TPSA) is 99.1 Å². The normalized spacial score (nSPS) is 13.3. The highest BCUT2D eigenvalue weighted by Gasteiger charge is 2.31. The number of hydrogen-bond donors (Lipinski definition) is 1. The van der Waals surface area contributed by atoms with E-state index in [1.165, 1.54) is 116 Å². The SMILES string of the molecule is CC/C=C/C/C=C/CCCCCCCCCCCCCCCCC(=O)OC(COCCC(C(=O)O)[N+](C)(C)C)COC(=O)CC/C=C/C/C=C/CCCCCCCC. The summed E-state index contributed by atoms with van der Waals surface area (Å²) < 4.78 is 17.2. The Bertz CT molecular complexity index is 1090. The van der Waals surface area contributed by atoms with Crippen LogP contribution in [0.1, 0.15) is 200 Å². The zero-order valence-electron chi connectivity index (χ0n) is 38.2. The number of unbranched alkanes of at least 4 members (excludes halogenated alkanes) is 20. The Hall–Kier alpha value is -2.71. The molecule has 0 aliphatic heterocycles. The van der Waals surface area contributed by atoms with Crippen molar-refractivity contribution in [2.24, 2.45) is 0 Å². The van der Waals surface area contributed by atoms with Crippen molar-refractivity contribution in [1.82, 2.24) is 0 Å². The molecule has 0 spiro atoms. The maximum absolute atomic E-state index is 12.8. The number of rotatable bonds is 42. The molecule has 58 heavy (non-hydrogen) atoms. The molecule has 336 valence electrons. The Labute approximate surface area is 356 Å². The minimum absolute atomic E-state index is 0.0446. The van der Waals surface area contributed by atoms with Crippen molar-refractivity contribution >= 4 is 17.9 Å². The first-order valence-electron chi connectivity index (χ1n) is 23.7. The van der Waals surface area contributed by atoms with Crippen LogP contribution in [0.2, 0.25) is 0 Å². The highest BCUT2D eigenvalue weighted by atomic mass is 16.6. The predicted molar refractivity (Wildman–Crippen MR) is 243 cm³/mol. The lowest BCUT2D eigenvalue weighted by Crippen LogP contribution is -2.50. The summed E-state index contributed by atoms with van der Waals surface area (Å²) in [6, 6.07) is -0.622. The van der Waals surface area contributed by atoms with Gasteiger partial charge in [-0.15, -0.1) is 0 Å². The Morgan fingerprint density at radius 2 is 1.00 bits per heavy atom. The number of likely N-dealkylation sites (N-methyl/N-ethyl adjacent to an activating group) is 1. The third-order valence-electron chi connectivity index (χ3n) is 10.5. The molecule has 8 heteroatoms. The highest BCUT2D eigenvalue weighted by Crippen LogP contribution is 2.15. The van der Waals surface area contributed by atoms with E-state index in [9.17, 15) is 19.5 Å². The van der Waals surface area contributed by atoms with Crippen molar-refractivity contribution < 1.29 is 38.2 Å². The number of carbonyl (C=O) groups is 3. The number of aliphatic carboxylic acids is 1. The lowest BCUT2D eigenvalue weighted by Gasteiger charge is -2.31. The van der Waals surface area contributed by atoms with Gasteiger partial charge in [-0.25, -0.2) is 4.79 Å². The van der Waals surface area contributed by atoms with Crippen molar-refractivity contribution in [3.63, 3.8) is 0 Å². The van der Waals surface area contributed by atoms with Crippen LogP contribution in [0.5, 0.6) is 0 Å². The van der Waals surface area contributed by atoms with E-state index in [1.807, 2.05) is 27.2 Å². The van der Waals surface area contributed by atoms with Crippen molar-refractivity contribution in [1.29, 1.82) is 0 Å². The van der Waals surface area contributed by atoms with Crippen molar-refractivity contribution in [2.45, 2.75) is 212 Å². The van der Waals surface area contributed by atoms with Crippen LogP contribution in [0.25, 0.3) is 0 Å². The van der Waals surface area contributed by atoms with Gasteiger partial charge in [0.25, 0.3) is 0 Å². The molecule has 0 aromatic rings. The molecule has 0 amide bonds. The molecule has 0 aliphatic carbocycles. The molecule has 0 saturated carbocycles. The molecule has 0 rings (SSSR count). The van der Waals surface area contributed by atoms with Gasteiger partial charge in [-0.3, -0.25) is 9.59 Å². The van der Waals surface area contributed by atoms with Gasteiger partial charge in [0.2, 0.25) is 0 Å². The van der Waals surface area contributed by atoms with Crippen LogP contribution in [0, 0.1) is 0 Å².